The fourth-order valence-electron chi connectivity index (χ4n) is 1.84. The summed E-state index contributed by atoms with van der Waals surface area (Å²) in [6.07, 6.45) is 3.50. The van der Waals surface area contributed by atoms with Gasteiger partial charge in [-0.2, -0.15) is 0 Å². The number of thiophene rings is 1. The first kappa shape index (κ1) is 15.4. The van der Waals surface area contributed by atoms with Gasteiger partial charge in [-0.1, -0.05) is 19.4 Å². The van der Waals surface area contributed by atoms with E-state index in [4.69, 9.17) is 5.11 Å². The molecule has 1 aromatic rings. The zero-order chi connectivity index (χ0) is 14.4. The molecule has 1 heterocycles. The van der Waals surface area contributed by atoms with Gasteiger partial charge in [0.2, 0.25) is 0 Å². The monoisotopic (exact) mass is 281 g/mol. The van der Waals surface area contributed by atoms with Crippen molar-refractivity contribution in [2.75, 3.05) is 13.1 Å². The molecule has 0 saturated heterocycles. The molecule has 0 radical (unpaired) electrons. The number of hydrogen-bond acceptors (Lipinski definition) is 3. The molecule has 104 valence electrons. The molecule has 0 spiro atoms. The van der Waals surface area contributed by atoms with Crippen LogP contribution in [-0.4, -0.2) is 35.0 Å². The van der Waals surface area contributed by atoms with E-state index in [1.165, 1.54) is 27.9 Å². The SMILES string of the molecule is C=CCN(CC(=O)O)C(=O)c1cc(CCC)c(C)s1. The third-order valence-corrected chi connectivity index (χ3v) is 3.79. The molecule has 1 amide bonds. The van der Waals surface area contributed by atoms with Gasteiger partial charge in [-0.05, 0) is 25.0 Å². The lowest BCUT2D eigenvalue weighted by Gasteiger charge is -2.17. The average molecular weight is 281 g/mol. The lowest BCUT2D eigenvalue weighted by Crippen LogP contribution is -2.35. The Morgan fingerprint density at radius 3 is 2.74 bits per heavy atom. The van der Waals surface area contributed by atoms with Gasteiger partial charge in [0.1, 0.15) is 6.54 Å². The first-order valence-corrected chi connectivity index (χ1v) is 7.02. The lowest BCUT2D eigenvalue weighted by atomic mass is 10.1. The number of carboxylic acid groups (broad SMARTS) is 1. The molecule has 0 aliphatic heterocycles. The third-order valence-electron chi connectivity index (χ3n) is 2.71. The Kier molecular flexibility index (Phi) is 5.76. The number of carboxylic acids is 1. The minimum atomic E-state index is -1.02. The molecule has 0 unspecified atom stereocenters. The number of rotatable bonds is 7. The molecule has 4 nitrogen and oxygen atoms in total. The van der Waals surface area contributed by atoms with Crippen LogP contribution < -0.4 is 0 Å². The minimum absolute atomic E-state index is 0.238. The van der Waals surface area contributed by atoms with Crippen molar-refractivity contribution in [2.45, 2.75) is 26.7 Å². The van der Waals surface area contributed by atoms with Gasteiger partial charge in [-0.25, -0.2) is 0 Å². The lowest BCUT2D eigenvalue weighted by molar-refractivity contribution is -0.137. The zero-order valence-corrected chi connectivity index (χ0v) is 12.1. The summed E-state index contributed by atoms with van der Waals surface area (Å²) in [7, 11) is 0. The van der Waals surface area contributed by atoms with E-state index in [9.17, 15) is 9.59 Å². The van der Waals surface area contributed by atoms with Crippen molar-refractivity contribution in [1.82, 2.24) is 4.90 Å². The molecule has 19 heavy (non-hydrogen) atoms. The van der Waals surface area contributed by atoms with Crippen LogP contribution in [0.3, 0.4) is 0 Å². The number of aliphatic carboxylic acids is 1. The van der Waals surface area contributed by atoms with Gasteiger partial charge in [-0.15, -0.1) is 17.9 Å². The summed E-state index contributed by atoms with van der Waals surface area (Å²) in [6, 6.07) is 1.88. The van der Waals surface area contributed by atoms with Crippen molar-refractivity contribution in [1.29, 1.82) is 0 Å². The molecule has 0 aliphatic carbocycles. The summed E-state index contributed by atoms with van der Waals surface area (Å²) >= 11 is 1.43. The highest BCUT2D eigenvalue weighted by molar-refractivity contribution is 7.14. The van der Waals surface area contributed by atoms with E-state index < -0.39 is 5.97 Å². The summed E-state index contributed by atoms with van der Waals surface area (Å²) in [5, 5.41) is 8.83. The Labute approximate surface area is 117 Å². The number of aryl methyl sites for hydroxylation is 2. The number of carbonyl (C=O) groups is 2. The van der Waals surface area contributed by atoms with Gasteiger partial charge in [0.25, 0.3) is 5.91 Å². The molecule has 0 bridgehead atoms. The summed E-state index contributed by atoms with van der Waals surface area (Å²) in [6.45, 7) is 7.57. The van der Waals surface area contributed by atoms with Crippen LogP contribution in [0, 0.1) is 6.92 Å². The number of nitrogens with zero attached hydrogens (tertiary/aromatic N) is 1. The van der Waals surface area contributed by atoms with Crippen LogP contribution in [0.1, 0.15) is 33.5 Å². The van der Waals surface area contributed by atoms with Gasteiger partial charge in [0, 0.05) is 11.4 Å². The van der Waals surface area contributed by atoms with Gasteiger partial charge in [0.15, 0.2) is 0 Å². The predicted octanol–water partition coefficient (Wildman–Crippen LogP) is 2.72. The van der Waals surface area contributed by atoms with Gasteiger partial charge < -0.3 is 10.0 Å². The van der Waals surface area contributed by atoms with E-state index in [-0.39, 0.29) is 19.0 Å². The van der Waals surface area contributed by atoms with Crippen LogP contribution in [0.5, 0.6) is 0 Å². The summed E-state index contributed by atoms with van der Waals surface area (Å²) in [5.74, 6) is -1.25. The summed E-state index contributed by atoms with van der Waals surface area (Å²) in [4.78, 5) is 26.0. The Balaban J connectivity index is 2.92. The Morgan fingerprint density at radius 2 is 2.21 bits per heavy atom. The van der Waals surface area contributed by atoms with Gasteiger partial charge in [0.05, 0.1) is 4.88 Å². The van der Waals surface area contributed by atoms with E-state index in [1.807, 2.05) is 13.0 Å². The predicted molar refractivity (Wildman–Crippen MR) is 76.8 cm³/mol. The van der Waals surface area contributed by atoms with E-state index in [0.717, 1.165) is 17.7 Å². The maximum Gasteiger partial charge on any atom is 0.323 e. The first-order chi connectivity index (χ1) is 8.99. The molecule has 0 aromatic carbocycles. The second-order valence-corrected chi connectivity index (χ2v) is 5.57. The minimum Gasteiger partial charge on any atom is -0.480 e. The molecule has 5 heteroatoms. The fourth-order valence-corrected chi connectivity index (χ4v) is 2.88. The smallest absolute Gasteiger partial charge is 0.323 e. The normalized spacial score (nSPS) is 10.2. The van der Waals surface area contributed by atoms with Crippen LogP contribution in [0.2, 0.25) is 0 Å². The van der Waals surface area contributed by atoms with Crippen molar-refractivity contribution in [3.05, 3.63) is 34.0 Å². The quantitative estimate of drug-likeness (QED) is 0.782. The number of amides is 1. The highest BCUT2D eigenvalue weighted by Crippen LogP contribution is 2.24. The number of carbonyl (C=O) groups excluding carboxylic acids is 1. The standard InChI is InChI=1S/C14H19NO3S/c1-4-6-11-8-12(19-10(11)3)14(18)15(7-5-2)9-13(16)17/h5,8H,2,4,6-7,9H2,1,3H3,(H,16,17). The zero-order valence-electron chi connectivity index (χ0n) is 11.3. The van der Waals surface area contributed by atoms with Crippen molar-refractivity contribution < 1.29 is 14.7 Å². The molecule has 1 N–H and O–H groups in total. The van der Waals surface area contributed by atoms with Crippen molar-refractivity contribution >= 4 is 23.2 Å². The molecular formula is C14H19NO3S. The second-order valence-electron chi connectivity index (χ2n) is 4.31. The second kappa shape index (κ2) is 7.09. The molecule has 0 aliphatic rings. The third kappa shape index (κ3) is 4.21. The fraction of sp³-hybridized carbons (Fsp3) is 0.429. The van der Waals surface area contributed by atoms with Crippen molar-refractivity contribution in [2.24, 2.45) is 0 Å². The Morgan fingerprint density at radius 1 is 1.53 bits per heavy atom. The van der Waals surface area contributed by atoms with E-state index in [0.29, 0.717) is 4.88 Å². The molecule has 0 fully saturated rings. The van der Waals surface area contributed by atoms with Crippen LogP contribution in [0.4, 0.5) is 0 Å². The van der Waals surface area contributed by atoms with Gasteiger partial charge >= 0.3 is 5.97 Å². The summed E-state index contributed by atoms with van der Waals surface area (Å²) in [5.41, 5.74) is 1.17. The van der Waals surface area contributed by atoms with Crippen LogP contribution >= 0.6 is 11.3 Å². The molecule has 1 aromatic heterocycles. The topological polar surface area (TPSA) is 57.6 Å². The maximum absolute atomic E-state index is 12.3. The van der Waals surface area contributed by atoms with Crippen LogP contribution in [0.15, 0.2) is 18.7 Å². The Bertz CT molecular complexity index is 479. The largest absolute Gasteiger partial charge is 0.480 e. The van der Waals surface area contributed by atoms with E-state index >= 15 is 0 Å². The Hall–Kier alpha value is -1.62. The molecular weight excluding hydrogens is 262 g/mol. The highest BCUT2D eigenvalue weighted by atomic mass is 32.1. The van der Waals surface area contributed by atoms with Crippen LogP contribution in [0.25, 0.3) is 0 Å². The van der Waals surface area contributed by atoms with E-state index in [2.05, 4.69) is 13.5 Å². The number of hydrogen-bond donors (Lipinski definition) is 1. The van der Waals surface area contributed by atoms with Crippen molar-refractivity contribution in [3.63, 3.8) is 0 Å². The van der Waals surface area contributed by atoms with Crippen molar-refractivity contribution in [3.8, 4) is 0 Å². The first-order valence-electron chi connectivity index (χ1n) is 6.20. The molecule has 1 rings (SSSR count). The maximum atomic E-state index is 12.3. The highest BCUT2D eigenvalue weighted by Gasteiger charge is 2.20. The molecule has 0 saturated carbocycles. The molecule has 0 atom stereocenters. The summed E-state index contributed by atoms with van der Waals surface area (Å²) < 4.78 is 0. The van der Waals surface area contributed by atoms with Crippen LogP contribution in [-0.2, 0) is 11.2 Å². The van der Waals surface area contributed by atoms with Gasteiger partial charge in [-0.3, -0.25) is 9.59 Å². The van der Waals surface area contributed by atoms with E-state index in [1.54, 1.807) is 0 Å². The average Bonchev–Trinajstić information content (AvgIpc) is 2.69.